The third kappa shape index (κ3) is 5.12. The van der Waals surface area contributed by atoms with E-state index < -0.39 is 15.9 Å². The Hall–Kier alpha value is -2.46. The molecule has 0 unspecified atom stereocenters. The molecule has 0 bridgehead atoms. The first kappa shape index (κ1) is 22.7. The van der Waals surface area contributed by atoms with Gasteiger partial charge in [0.15, 0.2) is 0 Å². The Morgan fingerprint density at radius 3 is 2.66 bits per heavy atom. The zero-order valence-electron chi connectivity index (χ0n) is 17.5. The van der Waals surface area contributed by atoms with Crippen molar-refractivity contribution in [3.8, 4) is 11.6 Å². The molecular weight excluding hydrogens is 457 g/mol. The van der Waals surface area contributed by atoms with E-state index in [1.807, 2.05) is 24.3 Å². The molecule has 0 aliphatic carbocycles. The Labute approximate surface area is 191 Å². The van der Waals surface area contributed by atoms with Gasteiger partial charge in [-0.3, -0.25) is 4.90 Å². The molecule has 0 N–H and O–H groups in total. The van der Waals surface area contributed by atoms with E-state index in [0.717, 1.165) is 5.56 Å². The Bertz CT molecular complexity index is 1200. The van der Waals surface area contributed by atoms with Crippen LogP contribution in [0.2, 0.25) is 5.02 Å². The number of halogens is 2. The van der Waals surface area contributed by atoms with E-state index in [2.05, 4.69) is 10.00 Å². The van der Waals surface area contributed by atoms with Crippen molar-refractivity contribution in [2.75, 3.05) is 26.0 Å². The molecule has 0 amide bonds. The van der Waals surface area contributed by atoms with Crippen molar-refractivity contribution in [3.63, 3.8) is 0 Å². The summed E-state index contributed by atoms with van der Waals surface area (Å²) >= 11 is 6.00. The molecule has 0 saturated heterocycles. The fraction of sp³-hybridized carbons (Fsp3) is 0.318. The summed E-state index contributed by atoms with van der Waals surface area (Å²) in [6.07, 6.45) is 0.251. The first-order chi connectivity index (χ1) is 15.4. The van der Waals surface area contributed by atoms with Gasteiger partial charge in [-0.1, -0.05) is 35.9 Å². The van der Waals surface area contributed by atoms with Gasteiger partial charge in [-0.25, -0.2) is 4.39 Å². The van der Waals surface area contributed by atoms with Gasteiger partial charge < -0.3 is 8.92 Å². The van der Waals surface area contributed by atoms with Crippen LogP contribution in [0.5, 0.6) is 5.88 Å². The van der Waals surface area contributed by atoms with Crippen molar-refractivity contribution in [3.05, 3.63) is 76.2 Å². The summed E-state index contributed by atoms with van der Waals surface area (Å²) in [5.41, 5.74) is 2.50. The summed E-state index contributed by atoms with van der Waals surface area (Å²) in [6, 6.07) is 13.6. The van der Waals surface area contributed by atoms with Gasteiger partial charge in [0, 0.05) is 37.3 Å². The zero-order chi connectivity index (χ0) is 22.7. The van der Waals surface area contributed by atoms with Crippen LogP contribution in [-0.2, 0) is 34.4 Å². The second-order valence-corrected chi connectivity index (χ2v) is 9.65. The molecular formula is C22H23ClFN3O4S. The lowest BCUT2D eigenvalue weighted by molar-refractivity contribution is 0.139. The van der Waals surface area contributed by atoms with Crippen LogP contribution in [0.25, 0.3) is 5.69 Å². The Balaban J connectivity index is 1.69. The number of nitrogens with zero attached hydrogens (tertiary/aromatic N) is 3. The quantitative estimate of drug-likeness (QED) is 0.460. The molecule has 3 aromatic rings. The van der Waals surface area contributed by atoms with Gasteiger partial charge in [0.1, 0.15) is 11.5 Å². The molecule has 0 fully saturated rings. The van der Waals surface area contributed by atoms with E-state index in [4.69, 9.17) is 20.5 Å². The predicted molar refractivity (Wildman–Crippen MR) is 119 cm³/mol. The van der Waals surface area contributed by atoms with Gasteiger partial charge >= 0.3 is 10.1 Å². The molecule has 0 spiro atoms. The van der Waals surface area contributed by atoms with Crippen molar-refractivity contribution >= 4 is 21.7 Å². The maximum absolute atomic E-state index is 14.5. The van der Waals surface area contributed by atoms with Crippen LogP contribution in [0.3, 0.4) is 0 Å². The van der Waals surface area contributed by atoms with Crippen molar-refractivity contribution in [2.24, 2.45) is 0 Å². The average Bonchev–Trinajstić information content (AvgIpc) is 3.10. The minimum Gasteiger partial charge on any atom is -0.383 e. The van der Waals surface area contributed by atoms with Gasteiger partial charge in [0.25, 0.3) is 0 Å². The Morgan fingerprint density at radius 1 is 1.19 bits per heavy atom. The van der Waals surface area contributed by atoms with Crippen LogP contribution in [-0.4, -0.2) is 49.1 Å². The number of methoxy groups -OCH3 is 1. The standard InChI is InChI=1S/C22H23ClFN3O4S/c1-30-12-11-26(14-16-6-8-17(23)9-7-16)15-20-18-10-13-32(28,29)31-22(18)27(25-20)21-5-3-2-4-19(21)24/h2-9H,10-15H2,1H3. The number of fused-ring (bicyclic) bond motifs is 1. The number of hydrogen-bond acceptors (Lipinski definition) is 6. The van der Waals surface area contributed by atoms with Crippen LogP contribution in [0.4, 0.5) is 4.39 Å². The van der Waals surface area contributed by atoms with E-state index >= 15 is 0 Å². The van der Waals surface area contributed by atoms with Crippen LogP contribution < -0.4 is 4.18 Å². The smallest absolute Gasteiger partial charge is 0.311 e. The zero-order valence-corrected chi connectivity index (χ0v) is 19.1. The molecule has 170 valence electrons. The first-order valence-electron chi connectivity index (χ1n) is 10.1. The highest BCUT2D eigenvalue weighted by molar-refractivity contribution is 7.87. The van der Waals surface area contributed by atoms with Crippen LogP contribution in [0.1, 0.15) is 16.8 Å². The summed E-state index contributed by atoms with van der Waals surface area (Å²) in [5, 5.41) is 5.24. The molecule has 4 rings (SSSR count). The Morgan fingerprint density at radius 2 is 1.94 bits per heavy atom. The number of ether oxygens (including phenoxy) is 1. The minimum absolute atomic E-state index is 0.0505. The molecule has 2 heterocycles. The summed E-state index contributed by atoms with van der Waals surface area (Å²) in [7, 11) is -2.12. The van der Waals surface area contributed by atoms with Gasteiger partial charge in [0.2, 0.25) is 5.88 Å². The molecule has 1 aliphatic heterocycles. The minimum atomic E-state index is -3.75. The number of aromatic nitrogens is 2. The summed E-state index contributed by atoms with van der Waals surface area (Å²) < 4.78 is 50.5. The fourth-order valence-corrected chi connectivity index (χ4v) is 4.69. The lowest BCUT2D eigenvalue weighted by Crippen LogP contribution is -2.28. The van der Waals surface area contributed by atoms with Crippen molar-refractivity contribution in [1.82, 2.24) is 14.7 Å². The maximum atomic E-state index is 14.5. The van der Waals surface area contributed by atoms with Crippen LogP contribution in [0.15, 0.2) is 48.5 Å². The van der Waals surface area contributed by atoms with Crippen molar-refractivity contribution in [1.29, 1.82) is 0 Å². The number of hydrogen-bond donors (Lipinski definition) is 0. The molecule has 0 atom stereocenters. The molecule has 10 heteroatoms. The number of benzene rings is 2. The Kier molecular flexibility index (Phi) is 6.80. The van der Waals surface area contributed by atoms with E-state index in [1.165, 1.54) is 16.8 Å². The normalized spacial score (nSPS) is 14.9. The van der Waals surface area contributed by atoms with Gasteiger partial charge in [0.05, 0.1) is 18.1 Å². The van der Waals surface area contributed by atoms with Crippen molar-refractivity contribution in [2.45, 2.75) is 19.5 Å². The second kappa shape index (κ2) is 9.58. The highest BCUT2D eigenvalue weighted by Crippen LogP contribution is 2.33. The lowest BCUT2D eigenvalue weighted by Gasteiger charge is -2.22. The lowest BCUT2D eigenvalue weighted by atomic mass is 10.1. The SMILES string of the molecule is COCCN(Cc1ccc(Cl)cc1)Cc1nn(-c2ccccc2F)c2c1CCS(=O)(=O)O2. The monoisotopic (exact) mass is 479 g/mol. The third-order valence-electron chi connectivity index (χ3n) is 5.21. The average molecular weight is 480 g/mol. The maximum Gasteiger partial charge on any atom is 0.311 e. The van der Waals surface area contributed by atoms with Gasteiger partial charge in [-0.05, 0) is 36.2 Å². The molecule has 1 aliphatic rings. The highest BCUT2D eigenvalue weighted by atomic mass is 35.5. The molecule has 7 nitrogen and oxygen atoms in total. The molecule has 1 aromatic heterocycles. The van der Waals surface area contributed by atoms with E-state index in [0.29, 0.717) is 42.5 Å². The van der Waals surface area contributed by atoms with E-state index in [9.17, 15) is 12.8 Å². The van der Waals surface area contributed by atoms with E-state index in [1.54, 1.807) is 19.2 Å². The second-order valence-electron chi connectivity index (χ2n) is 7.52. The largest absolute Gasteiger partial charge is 0.383 e. The molecule has 2 aromatic carbocycles. The number of para-hydroxylation sites is 1. The predicted octanol–water partition coefficient (Wildman–Crippen LogP) is 3.58. The highest BCUT2D eigenvalue weighted by Gasteiger charge is 2.32. The fourth-order valence-electron chi connectivity index (χ4n) is 3.61. The van der Waals surface area contributed by atoms with Crippen molar-refractivity contribution < 1.29 is 21.7 Å². The summed E-state index contributed by atoms with van der Waals surface area (Å²) in [5.74, 6) is -0.617. The summed E-state index contributed by atoms with van der Waals surface area (Å²) in [6.45, 7) is 2.16. The third-order valence-corrected chi connectivity index (χ3v) is 6.58. The first-order valence-corrected chi connectivity index (χ1v) is 12.1. The molecule has 0 radical (unpaired) electrons. The number of rotatable bonds is 8. The molecule has 0 saturated carbocycles. The van der Waals surface area contributed by atoms with Crippen LogP contribution in [0, 0.1) is 5.82 Å². The molecule has 32 heavy (non-hydrogen) atoms. The topological polar surface area (TPSA) is 73.7 Å². The summed E-state index contributed by atoms with van der Waals surface area (Å²) in [4.78, 5) is 2.13. The van der Waals surface area contributed by atoms with Gasteiger partial charge in [-0.15, -0.1) is 0 Å². The van der Waals surface area contributed by atoms with E-state index in [-0.39, 0.29) is 23.7 Å². The van der Waals surface area contributed by atoms with Gasteiger partial charge in [-0.2, -0.15) is 18.2 Å². The van der Waals surface area contributed by atoms with Crippen LogP contribution >= 0.6 is 11.6 Å².